The average Bonchev–Trinajstić information content (AvgIpc) is 2.30. The smallest absolute Gasteiger partial charge is 0.0195 e. The first kappa shape index (κ1) is 14.0. The van der Waals surface area contributed by atoms with Crippen LogP contribution in [0.4, 0.5) is 0 Å². The Kier molecular flexibility index (Phi) is 7.87. The minimum Gasteiger partial charge on any atom is -0.313 e. The lowest BCUT2D eigenvalue weighted by molar-refractivity contribution is 0.191. The van der Waals surface area contributed by atoms with Gasteiger partial charge in [-0.05, 0) is 45.3 Å². The predicted octanol–water partition coefficient (Wildman–Crippen LogP) is 3.03. The molecule has 0 aliphatic carbocycles. The zero-order chi connectivity index (χ0) is 11.6. The Balaban J connectivity index is 2.02. The van der Waals surface area contributed by atoms with Crippen molar-refractivity contribution in [3.63, 3.8) is 0 Å². The maximum atomic E-state index is 3.73. The van der Waals surface area contributed by atoms with Gasteiger partial charge in [-0.25, -0.2) is 0 Å². The van der Waals surface area contributed by atoms with Crippen LogP contribution in [-0.2, 0) is 0 Å². The van der Waals surface area contributed by atoms with Crippen LogP contribution in [0.15, 0.2) is 0 Å². The van der Waals surface area contributed by atoms with Crippen molar-refractivity contribution in [3.05, 3.63) is 0 Å². The molecule has 1 aliphatic rings. The molecule has 1 unspecified atom stereocenters. The van der Waals surface area contributed by atoms with Crippen LogP contribution in [0.3, 0.4) is 0 Å². The number of unbranched alkanes of at least 4 members (excludes halogenated alkanes) is 3. The topological polar surface area (TPSA) is 15.3 Å². The van der Waals surface area contributed by atoms with Crippen molar-refractivity contribution in [2.24, 2.45) is 0 Å². The molecule has 0 aromatic heterocycles. The zero-order valence-corrected chi connectivity index (χ0v) is 11.3. The van der Waals surface area contributed by atoms with Crippen molar-refractivity contribution in [1.82, 2.24) is 10.2 Å². The Morgan fingerprint density at radius 2 is 2.00 bits per heavy atom. The van der Waals surface area contributed by atoms with Gasteiger partial charge in [-0.15, -0.1) is 0 Å². The van der Waals surface area contributed by atoms with Gasteiger partial charge in [0, 0.05) is 12.6 Å². The first-order valence-corrected chi connectivity index (χ1v) is 7.32. The first-order chi connectivity index (χ1) is 7.86. The molecule has 16 heavy (non-hydrogen) atoms. The lowest BCUT2D eigenvalue weighted by atomic mass is 10.1. The van der Waals surface area contributed by atoms with Gasteiger partial charge in [0.05, 0.1) is 0 Å². The van der Waals surface area contributed by atoms with Crippen molar-refractivity contribution in [2.75, 3.05) is 26.2 Å². The molecule has 0 aromatic carbocycles. The number of rotatable bonds is 8. The van der Waals surface area contributed by atoms with Gasteiger partial charge in [0.1, 0.15) is 0 Å². The lowest BCUT2D eigenvalue weighted by Crippen LogP contribution is -2.46. The van der Waals surface area contributed by atoms with Crippen LogP contribution in [0.1, 0.15) is 58.8 Å². The van der Waals surface area contributed by atoms with Gasteiger partial charge in [-0.2, -0.15) is 0 Å². The fraction of sp³-hybridized carbons (Fsp3) is 1.00. The second-order valence-corrected chi connectivity index (χ2v) is 5.15. The second kappa shape index (κ2) is 9.00. The Labute approximate surface area is 102 Å². The molecule has 0 aromatic rings. The molecule has 1 heterocycles. The summed E-state index contributed by atoms with van der Waals surface area (Å²) in [4.78, 5) is 2.62. The molecule has 0 spiro atoms. The minimum atomic E-state index is 0.766. The Morgan fingerprint density at radius 1 is 1.12 bits per heavy atom. The van der Waals surface area contributed by atoms with E-state index < -0.39 is 0 Å². The van der Waals surface area contributed by atoms with E-state index in [2.05, 4.69) is 24.1 Å². The first-order valence-electron chi connectivity index (χ1n) is 7.32. The van der Waals surface area contributed by atoms with Crippen molar-refractivity contribution in [1.29, 1.82) is 0 Å². The average molecular weight is 226 g/mol. The number of nitrogens with zero attached hydrogens (tertiary/aromatic N) is 1. The number of hydrogen-bond acceptors (Lipinski definition) is 2. The largest absolute Gasteiger partial charge is 0.313 e. The van der Waals surface area contributed by atoms with Crippen molar-refractivity contribution in [3.8, 4) is 0 Å². The third kappa shape index (κ3) is 5.86. The van der Waals surface area contributed by atoms with E-state index in [4.69, 9.17) is 0 Å². The molecule has 1 N–H and O–H groups in total. The summed E-state index contributed by atoms with van der Waals surface area (Å²) in [7, 11) is 0. The molecule has 1 aliphatic heterocycles. The summed E-state index contributed by atoms with van der Waals surface area (Å²) in [5, 5.41) is 3.73. The van der Waals surface area contributed by atoms with Crippen LogP contribution >= 0.6 is 0 Å². The van der Waals surface area contributed by atoms with Gasteiger partial charge in [0.25, 0.3) is 0 Å². The standard InChI is InChI=1S/C14H30N2/c1-3-5-6-7-10-15-14-9-8-12-16(13-14)11-4-2/h14-15H,3-13H2,1-2H3. The molecular weight excluding hydrogens is 196 g/mol. The van der Waals surface area contributed by atoms with Crippen LogP contribution in [0.5, 0.6) is 0 Å². The van der Waals surface area contributed by atoms with Gasteiger partial charge in [0.15, 0.2) is 0 Å². The highest BCUT2D eigenvalue weighted by Gasteiger charge is 2.17. The maximum absolute atomic E-state index is 3.73. The molecule has 0 radical (unpaired) electrons. The fourth-order valence-electron chi connectivity index (χ4n) is 2.60. The molecule has 2 nitrogen and oxygen atoms in total. The van der Waals surface area contributed by atoms with E-state index in [1.54, 1.807) is 0 Å². The predicted molar refractivity (Wildman–Crippen MR) is 71.9 cm³/mol. The van der Waals surface area contributed by atoms with E-state index in [0.29, 0.717) is 0 Å². The Morgan fingerprint density at radius 3 is 2.75 bits per heavy atom. The number of hydrogen-bond donors (Lipinski definition) is 1. The minimum absolute atomic E-state index is 0.766. The van der Waals surface area contributed by atoms with E-state index in [0.717, 1.165) is 6.04 Å². The summed E-state index contributed by atoms with van der Waals surface area (Å²) in [5.74, 6) is 0. The maximum Gasteiger partial charge on any atom is 0.0195 e. The molecule has 96 valence electrons. The third-order valence-electron chi connectivity index (χ3n) is 3.51. The van der Waals surface area contributed by atoms with E-state index in [1.165, 1.54) is 71.1 Å². The molecule has 1 atom stereocenters. The normalized spacial score (nSPS) is 22.5. The van der Waals surface area contributed by atoms with E-state index in [-0.39, 0.29) is 0 Å². The molecule has 1 saturated heterocycles. The van der Waals surface area contributed by atoms with Gasteiger partial charge >= 0.3 is 0 Å². The molecule has 2 heteroatoms. The summed E-state index contributed by atoms with van der Waals surface area (Å²) in [6, 6.07) is 0.766. The molecule has 0 bridgehead atoms. The monoisotopic (exact) mass is 226 g/mol. The molecule has 0 saturated carbocycles. The summed E-state index contributed by atoms with van der Waals surface area (Å²) in [6.45, 7) is 9.67. The van der Waals surface area contributed by atoms with Crippen LogP contribution in [0.25, 0.3) is 0 Å². The summed E-state index contributed by atoms with van der Waals surface area (Å²) < 4.78 is 0. The van der Waals surface area contributed by atoms with Crippen molar-refractivity contribution < 1.29 is 0 Å². The zero-order valence-electron chi connectivity index (χ0n) is 11.3. The fourth-order valence-corrected chi connectivity index (χ4v) is 2.60. The van der Waals surface area contributed by atoms with Gasteiger partial charge < -0.3 is 10.2 Å². The van der Waals surface area contributed by atoms with Gasteiger partial charge in [0.2, 0.25) is 0 Å². The van der Waals surface area contributed by atoms with E-state index in [9.17, 15) is 0 Å². The van der Waals surface area contributed by atoms with Crippen LogP contribution in [-0.4, -0.2) is 37.1 Å². The van der Waals surface area contributed by atoms with Crippen LogP contribution in [0, 0.1) is 0 Å². The van der Waals surface area contributed by atoms with Crippen molar-refractivity contribution in [2.45, 2.75) is 64.8 Å². The quantitative estimate of drug-likeness (QED) is 0.640. The van der Waals surface area contributed by atoms with E-state index >= 15 is 0 Å². The SMILES string of the molecule is CCCCCCNC1CCCN(CCC)C1. The Hall–Kier alpha value is -0.0800. The Bertz CT molecular complexity index is 157. The summed E-state index contributed by atoms with van der Waals surface area (Å²) >= 11 is 0. The van der Waals surface area contributed by atoms with Gasteiger partial charge in [-0.1, -0.05) is 33.1 Å². The highest BCUT2D eigenvalue weighted by Crippen LogP contribution is 2.10. The number of piperidine rings is 1. The lowest BCUT2D eigenvalue weighted by Gasteiger charge is -2.33. The van der Waals surface area contributed by atoms with E-state index in [1.807, 2.05) is 0 Å². The molecule has 1 rings (SSSR count). The highest BCUT2D eigenvalue weighted by atomic mass is 15.2. The molecule has 1 fully saturated rings. The number of nitrogens with one attached hydrogen (secondary N) is 1. The third-order valence-corrected chi connectivity index (χ3v) is 3.51. The second-order valence-electron chi connectivity index (χ2n) is 5.15. The summed E-state index contributed by atoms with van der Waals surface area (Å²) in [6.07, 6.45) is 9.55. The van der Waals surface area contributed by atoms with Crippen LogP contribution in [0.2, 0.25) is 0 Å². The van der Waals surface area contributed by atoms with Gasteiger partial charge in [-0.3, -0.25) is 0 Å². The highest BCUT2D eigenvalue weighted by molar-refractivity contribution is 4.77. The molecule has 0 amide bonds. The molecular formula is C14H30N2. The number of likely N-dealkylation sites (tertiary alicyclic amines) is 1. The van der Waals surface area contributed by atoms with Crippen molar-refractivity contribution >= 4 is 0 Å². The van der Waals surface area contributed by atoms with Crippen LogP contribution < -0.4 is 5.32 Å². The summed E-state index contributed by atoms with van der Waals surface area (Å²) in [5.41, 5.74) is 0.